The average molecular weight is 324 g/mol. The Morgan fingerprint density at radius 2 is 2.05 bits per heavy atom. The van der Waals surface area contributed by atoms with Gasteiger partial charge in [-0.05, 0) is 31.5 Å². The van der Waals surface area contributed by atoms with E-state index < -0.39 is 10.0 Å². The lowest BCUT2D eigenvalue weighted by atomic mass is 10.2. The number of carbonyl (C=O) groups excluding carboxylic acids is 1. The number of fused-ring (bicyclic) bond motifs is 1. The van der Waals surface area contributed by atoms with Crippen LogP contribution in [0.5, 0.6) is 0 Å². The van der Waals surface area contributed by atoms with Gasteiger partial charge in [0.05, 0.1) is 6.54 Å². The van der Waals surface area contributed by atoms with Gasteiger partial charge in [0.15, 0.2) is 5.84 Å². The van der Waals surface area contributed by atoms with Gasteiger partial charge in [-0.3, -0.25) is 4.79 Å². The van der Waals surface area contributed by atoms with Gasteiger partial charge in [-0.15, -0.1) is 4.40 Å². The average Bonchev–Trinajstić information content (AvgIpc) is 2.76. The summed E-state index contributed by atoms with van der Waals surface area (Å²) in [5.41, 5.74) is 5.91. The van der Waals surface area contributed by atoms with Gasteiger partial charge in [-0.25, -0.2) is 0 Å². The Hall–Kier alpha value is -1.93. The molecule has 7 nitrogen and oxygen atoms in total. The van der Waals surface area contributed by atoms with Crippen LogP contribution in [0.4, 0.5) is 0 Å². The second kappa shape index (κ2) is 6.89. The van der Waals surface area contributed by atoms with Crippen LogP contribution in [-0.4, -0.2) is 51.7 Å². The minimum Gasteiger partial charge on any atom is -0.355 e. The molecule has 0 spiro atoms. The number of unbranched alkanes of at least 4 members (excludes halogenated alkanes) is 1. The van der Waals surface area contributed by atoms with Gasteiger partial charge in [0.25, 0.3) is 10.0 Å². The Balaban J connectivity index is 2.02. The van der Waals surface area contributed by atoms with E-state index in [4.69, 9.17) is 5.73 Å². The molecule has 1 aromatic rings. The highest BCUT2D eigenvalue weighted by atomic mass is 32.2. The Morgan fingerprint density at radius 3 is 2.77 bits per heavy atom. The van der Waals surface area contributed by atoms with Gasteiger partial charge in [0.1, 0.15) is 4.90 Å². The van der Waals surface area contributed by atoms with Crippen LogP contribution in [-0.2, 0) is 14.8 Å². The molecule has 0 bridgehead atoms. The predicted molar refractivity (Wildman–Crippen MR) is 84.1 cm³/mol. The second-order valence-electron chi connectivity index (χ2n) is 5.09. The van der Waals surface area contributed by atoms with Crippen molar-refractivity contribution in [1.82, 2.24) is 10.2 Å². The molecule has 8 heteroatoms. The summed E-state index contributed by atoms with van der Waals surface area (Å²) in [6.07, 6.45) is 1.68. The van der Waals surface area contributed by atoms with Crippen molar-refractivity contribution in [2.75, 3.05) is 26.7 Å². The molecular weight excluding hydrogens is 304 g/mol. The van der Waals surface area contributed by atoms with Gasteiger partial charge in [-0.1, -0.05) is 12.1 Å². The maximum atomic E-state index is 12.0. The van der Waals surface area contributed by atoms with E-state index in [1.165, 1.54) is 6.07 Å². The molecule has 120 valence electrons. The fraction of sp³-hybridized carbons (Fsp3) is 0.429. The van der Waals surface area contributed by atoms with Crippen molar-refractivity contribution in [3.63, 3.8) is 0 Å². The molecule has 0 unspecified atom stereocenters. The van der Waals surface area contributed by atoms with E-state index in [9.17, 15) is 13.2 Å². The number of nitrogens with zero attached hydrogens (tertiary/aromatic N) is 2. The summed E-state index contributed by atoms with van der Waals surface area (Å²) in [4.78, 5) is 13.6. The Morgan fingerprint density at radius 1 is 1.32 bits per heavy atom. The van der Waals surface area contributed by atoms with Gasteiger partial charge < -0.3 is 16.0 Å². The zero-order chi connectivity index (χ0) is 16.2. The summed E-state index contributed by atoms with van der Waals surface area (Å²) in [5.74, 6) is 0.122. The van der Waals surface area contributed by atoms with Crippen molar-refractivity contribution in [1.29, 1.82) is 0 Å². The van der Waals surface area contributed by atoms with Crippen molar-refractivity contribution in [2.24, 2.45) is 10.1 Å². The molecule has 1 amide bonds. The summed E-state index contributed by atoms with van der Waals surface area (Å²) < 4.78 is 27.7. The number of nitrogens with two attached hydrogens (primary N) is 1. The third kappa shape index (κ3) is 3.63. The fourth-order valence-corrected chi connectivity index (χ4v) is 3.46. The molecule has 0 atom stereocenters. The molecule has 0 fully saturated rings. The van der Waals surface area contributed by atoms with Crippen molar-refractivity contribution in [3.8, 4) is 0 Å². The number of hydrogen-bond acceptors (Lipinski definition) is 5. The number of amides is 1. The minimum atomic E-state index is -3.66. The first-order valence-electron chi connectivity index (χ1n) is 7.08. The summed E-state index contributed by atoms with van der Waals surface area (Å²) in [6, 6.07) is 6.60. The lowest BCUT2D eigenvalue weighted by Gasteiger charge is -2.18. The number of nitrogens with one attached hydrogen (secondary N) is 1. The van der Waals surface area contributed by atoms with Gasteiger partial charge in [0, 0.05) is 19.2 Å². The fourth-order valence-electron chi connectivity index (χ4n) is 2.21. The number of sulfonamides is 1. The number of likely N-dealkylation sites (N-methyl/N-ethyl adjacent to an activating group) is 1. The smallest absolute Gasteiger partial charge is 0.285 e. The lowest BCUT2D eigenvalue weighted by molar-refractivity contribution is -0.121. The number of carbonyl (C=O) groups is 1. The van der Waals surface area contributed by atoms with Crippen LogP contribution in [0.3, 0.4) is 0 Å². The molecular formula is C14H20N4O3S. The van der Waals surface area contributed by atoms with Crippen LogP contribution < -0.4 is 11.1 Å². The van der Waals surface area contributed by atoms with Crippen molar-refractivity contribution >= 4 is 21.8 Å². The maximum absolute atomic E-state index is 12.0. The second-order valence-corrected chi connectivity index (χ2v) is 6.66. The molecule has 0 saturated carbocycles. The van der Waals surface area contributed by atoms with Crippen LogP contribution >= 0.6 is 0 Å². The molecule has 2 rings (SSSR count). The lowest BCUT2D eigenvalue weighted by Crippen LogP contribution is -2.38. The standard InChI is InChI=1S/C14H20N4O3S/c1-18(10-13(19)16-9-5-4-8-15)14-11-6-2-3-7-12(11)22(20,21)17-14/h2-3,6-7H,4-5,8-10,15H2,1H3,(H,16,19). The Bertz CT molecular complexity index is 685. The van der Waals surface area contributed by atoms with Gasteiger partial charge >= 0.3 is 0 Å². The van der Waals surface area contributed by atoms with E-state index in [1.54, 1.807) is 30.1 Å². The number of amidine groups is 1. The van der Waals surface area contributed by atoms with Crippen LogP contribution in [0, 0.1) is 0 Å². The van der Waals surface area contributed by atoms with E-state index in [0.29, 0.717) is 24.5 Å². The normalized spacial score (nSPS) is 15.1. The largest absolute Gasteiger partial charge is 0.355 e. The quantitative estimate of drug-likeness (QED) is 0.712. The highest BCUT2D eigenvalue weighted by Gasteiger charge is 2.30. The highest BCUT2D eigenvalue weighted by Crippen LogP contribution is 2.26. The molecule has 1 aliphatic rings. The third-order valence-corrected chi connectivity index (χ3v) is 4.63. The number of rotatable bonds is 6. The van der Waals surface area contributed by atoms with Crippen LogP contribution in [0.15, 0.2) is 33.6 Å². The first kappa shape index (κ1) is 16.4. The molecule has 0 saturated heterocycles. The van der Waals surface area contributed by atoms with Crippen molar-refractivity contribution in [3.05, 3.63) is 29.8 Å². The molecule has 0 aliphatic carbocycles. The number of hydrogen-bond donors (Lipinski definition) is 2. The Labute approximate surface area is 130 Å². The Kier molecular flexibility index (Phi) is 5.15. The number of benzene rings is 1. The summed E-state index contributed by atoms with van der Waals surface area (Å²) >= 11 is 0. The monoisotopic (exact) mass is 324 g/mol. The molecule has 0 radical (unpaired) electrons. The topological polar surface area (TPSA) is 105 Å². The third-order valence-electron chi connectivity index (χ3n) is 3.31. The van der Waals surface area contributed by atoms with E-state index in [1.807, 2.05) is 0 Å². The van der Waals surface area contributed by atoms with Crippen LogP contribution in [0.2, 0.25) is 0 Å². The van der Waals surface area contributed by atoms with Crippen molar-refractivity contribution < 1.29 is 13.2 Å². The van der Waals surface area contributed by atoms with E-state index in [-0.39, 0.29) is 17.3 Å². The van der Waals surface area contributed by atoms with E-state index in [0.717, 1.165) is 12.8 Å². The highest BCUT2D eigenvalue weighted by molar-refractivity contribution is 7.90. The summed E-state index contributed by atoms with van der Waals surface area (Å²) in [7, 11) is -2.01. The van der Waals surface area contributed by atoms with Gasteiger partial charge in [0.2, 0.25) is 5.91 Å². The van der Waals surface area contributed by atoms with Crippen molar-refractivity contribution in [2.45, 2.75) is 17.7 Å². The van der Waals surface area contributed by atoms with E-state index >= 15 is 0 Å². The molecule has 1 aromatic carbocycles. The molecule has 22 heavy (non-hydrogen) atoms. The minimum absolute atomic E-state index is 0.0469. The molecule has 1 heterocycles. The first-order chi connectivity index (χ1) is 10.5. The summed E-state index contributed by atoms with van der Waals surface area (Å²) in [5, 5.41) is 2.78. The van der Waals surface area contributed by atoms with Gasteiger partial charge in [-0.2, -0.15) is 8.42 Å². The maximum Gasteiger partial charge on any atom is 0.285 e. The first-order valence-corrected chi connectivity index (χ1v) is 8.52. The zero-order valence-electron chi connectivity index (χ0n) is 12.4. The molecule has 3 N–H and O–H groups in total. The predicted octanol–water partition coefficient (Wildman–Crippen LogP) is -0.0776. The van der Waals surface area contributed by atoms with Crippen LogP contribution in [0.1, 0.15) is 18.4 Å². The molecule has 0 aromatic heterocycles. The van der Waals surface area contributed by atoms with E-state index in [2.05, 4.69) is 9.71 Å². The SMILES string of the molecule is CN(CC(=O)NCCCCN)C1=NS(=O)(=O)c2ccccc21. The zero-order valence-corrected chi connectivity index (χ0v) is 13.3. The van der Waals surface area contributed by atoms with Crippen LogP contribution in [0.25, 0.3) is 0 Å². The molecule has 1 aliphatic heterocycles. The summed E-state index contributed by atoms with van der Waals surface area (Å²) in [6.45, 7) is 1.21.